The van der Waals surface area contributed by atoms with Crippen LogP contribution in [0.5, 0.6) is 34.5 Å². The van der Waals surface area contributed by atoms with Gasteiger partial charge in [0.2, 0.25) is 0 Å². The molecule has 0 spiro atoms. The van der Waals surface area contributed by atoms with Crippen molar-refractivity contribution < 1.29 is 86.1 Å². The van der Waals surface area contributed by atoms with E-state index in [1.54, 1.807) is 42.7 Å². The van der Waals surface area contributed by atoms with E-state index in [1.807, 2.05) is 0 Å². The first-order chi connectivity index (χ1) is 22.1. The second kappa shape index (κ2) is 17.0. The molecule has 0 aliphatic heterocycles. The molecule has 1 aliphatic rings. The molecule has 3 aromatic carbocycles. The normalized spacial score (nSPS) is 15.6. The van der Waals surface area contributed by atoms with Gasteiger partial charge in [0.25, 0.3) is 0 Å². The van der Waals surface area contributed by atoms with E-state index in [0.29, 0.717) is 0 Å². The Balaban J connectivity index is 0.00000417. The molecule has 0 heterocycles. The second-order valence-electron chi connectivity index (χ2n) is 12.9. The molecule has 0 fully saturated rings. The van der Waals surface area contributed by atoms with Gasteiger partial charge in [-0.2, -0.15) is 0 Å². The summed E-state index contributed by atoms with van der Waals surface area (Å²) in [5.41, 5.74) is 9.95. The van der Waals surface area contributed by atoms with Crippen LogP contribution < -0.4 is 81.2 Å². The van der Waals surface area contributed by atoms with Gasteiger partial charge in [-0.25, -0.2) is 0 Å². The molecule has 0 bridgehead atoms. The molecular weight excluding hydrogens is 747 g/mol. The number of allylic oxidation sites excluding steroid dienone is 4. The molecule has 6 nitrogen and oxygen atoms in total. The van der Waals surface area contributed by atoms with E-state index in [2.05, 4.69) is 108 Å². The third-order valence-electron chi connectivity index (χ3n) is 10.9. The van der Waals surface area contributed by atoms with E-state index < -0.39 is 13.1 Å². The zero-order valence-corrected chi connectivity index (χ0v) is 37.1. The predicted octanol–water partition coefficient (Wildman–Crippen LogP) is -2.00. The predicted molar refractivity (Wildman–Crippen MR) is 191 cm³/mol. The van der Waals surface area contributed by atoms with E-state index in [4.69, 9.17) is 28.4 Å². The van der Waals surface area contributed by atoms with Crippen molar-refractivity contribution in [3.63, 3.8) is 0 Å². The Kier molecular flexibility index (Phi) is 15.6. The van der Waals surface area contributed by atoms with Gasteiger partial charge in [0.15, 0.2) is 0 Å². The van der Waals surface area contributed by atoms with Crippen LogP contribution in [0, 0.1) is 41.5 Å². The molecule has 50 heavy (non-hydrogen) atoms. The average Bonchev–Trinajstić information content (AvgIpc) is 3.17. The summed E-state index contributed by atoms with van der Waals surface area (Å²) < 4.78 is 38.8. The topological polar surface area (TPSA) is 55.4 Å². The number of halogens is 3. The Morgan fingerprint density at radius 2 is 0.720 bits per heavy atom. The van der Waals surface area contributed by atoms with E-state index in [9.17, 15) is 0 Å². The third-order valence-corrected chi connectivity index (χ3v) is 18.3. The van der Waals surface area contributed by atoms with Gasteiger partial charge in [-0.15, -0.1) is 0 Å². The minimum absolute atomic E-state index is 0. The van der Waals surface area contributed by atoms with Crippen LogP contribution in [0.2, 0.25) is 5.04 Å². The van der Waals surface area contributed by atoms with Crippen LogP contribution in [0.25, 0.3) is 0 Å². The van der Waals surface area contributed by atoms with Crippen LogP contribution in [0.15, 0.2) is 38.8 Å². The molecular formula is C39H51Cl3O6SiTi. The Morgan fingerprint density at radius 1 is 0.460 bits per heavy atom. The zero-order chi connectivity index (χ0) is 35.3. The first-order valence-electron chi connectivity index (χ1n) is 15.9. The van der Waals surface area contributed by atoms with Crippen LogP contribution in [0.3, 0.4) is 0 Å². The fraction of sp³-hybridized carbons (Fsp3) is 0.436. The molecule has 3 aromatic rings. The first-order valence-corrected chi connectivity index (χ1v) is 18.7. The number of benzene rings is 3. The second-order valence-corrected chi connectivity index (χ2v) is 17.8. The van der Waals surface area contributed by atoms with E-state index in [1.165, 1.54) is 20.6 Å². The summed E-state index contributed by atoms with van der Waals surface area (Å²) in [5.74, 6) is 4.89. The fourth-order valence-electron chi connectivity index (χ4n) is 8.53. The Labute approximate surface area is 331 Å². The van der Waals surface area contributed by atoms with Crippen LogP contribution in [-0.4, -0.2) is 50.7 Å². The summed E-state index contributed by atoms with van der Waals surface area (Å²) in [5, 5.41) is 2.90. The van der Waals surface area contributed by atoms with Gasteiger partial charge in [0, 0.05) is 0 Å². The first kappa shape index (κ1) is 45.8. The standard InChI is InChI=1S/C39H51O6Si.3ClH.Ti/c1-21-17-30(36(43-14)26(6)33(21)40-11)46(39(10)20-24(4)25(5)29(39)9,31-18-22(2)34(41-12)27(7)37(31)44-15)32-19-23(3)35(42-13)28(8)38(32)45-16;;;;/h17-19H,1-16H3;3*1H;/q;;;;+3/p-3. The fourth-order valence-corrected chi connectivity index (χ4v) is 17.0. The van der Waals surface area contributed by atoms with Crippen molar-refractivity contribution in [2.45, 2.75) is 74.3 Å². The molecule has 1 aliphatic carbocycles. The summed E-state index contributed by atoms with van der Waals surface area (Å²) in [6.07, 6.45) is 0. The van der Waals surface area contributed by atoms with Crippen LogP contribution in [-0.2, 0) is 20.4 Å². The van der Waals surface area contributed by atoms with Crippen molar-refractivity contribution in [3.8, 4) is 34.5 Å². The Morgan fingerprint density at radius 3 is 0.920 bits per heavy atom. The van der Waals surface area contributed by atoms with Crippen molar-refractivity contribution in [1.82, 2.24) is 0 Å². The summed E-state index contributed by atoms with van der Waals surface area (Å²) in [6, 6.07) is 6.90. The maximum absolute atomic E-state index is 6.50. The maximum Gasteiger partial charge on any atom is -1.00 e. The zero-order valence-electron chi connectivity index (χ0n) is 32.3. The largest absolute Gasteiger partial charge is 1.00 e. The Bertz CT molecular complexity index is 1650. The van der Waals surface area contributed by atoms with Gasteiger partial charge < -0.3 is 37.2 Å². The third kappa shape index (κ3) is 6.28. The number of hydrogen-bond donors (Lipinski definition) is 0. The molecule has 1 unspecified atom stereocenters. The molecule has 11 heteroatoms. The molecule has 0 saturated carbocycles. The number of hydrogen-bond acceptors (Lipinski definition) is 6. The van der Waals surface area contributed by atoms with Crippen LogP contribution in [0.4, 0.5) is 0 Å². The maximum atomic E-state index is 6.50. The number of ether oxygens (including phenoxy) is 6. The summed E-state index contributed by atoms with van der Waals surface area (Å²) >= 11 is 2.30. The number of rotatable bonds is 10. The molecule has 272 valence electrons. The van der Waals surface area contributed by atoms with Crippen molar-refractivity contribution in [2.75, 3.05) is 42.7 Å². The summed E-state index contributed by atoms with van der Waals surface area (Å²) in [6.45, 7) is 21.9. The van der Waals surface area contributed by atoms with Crippen molar-refractivity contribution >= 4 is 23.6 Å². The molecule has 0 amide bonds. The quantitative estimate of drug-likeness (QED) is 0.175. The minimum atomic E-state index is -3.47. The van der Waals surface area contributed by atoms with E-state index in [0.717, 1.165) is 83.4 Å². The van der Waals surface area contributed by atoms with Crippen molar-refractivity contribution in [2.24, 2.45) is 0 Å². The molecule has 0 saturated heterocycles. The van der Waals surface area contributed by atoms with Gasteiger partial charge in [-0.05, 0) is 0 Å². The SMILES string of the molecule is COc1c(C)cc([Si](c2cc(C)c(OC)c(C)c2OC)(c2cc(C)c(OC)c(C)c2OC)C2(C)C(C)=C(C)C(C)=[C]2[Ti+3])c(OC)c1C.[Cl-].[Cl-].[Cl-]. The Hall–Kier alpha value is -2.26. The average molecular weight is 798 g/mol. The van der Waals surface area contributed by atoms with Crippen LogP contribution in [0.1, 0.15) is 61.1 Å². The minimum Gasteiger partial charge on any atom is -1.00 e. The molecule has 4 rings (SSSR count). The van der Waals surface area contributed by atoms with Gasteiger partial charge in [-0.1, -0.05) is 0 Å². The van der Waals surface area contributed by atoms with Crippen LogP contribution >= 0.6 is 0 Å². The number of aryl methyl sites for hydroxylation is 3. The number of methoxy groups -OCH3 is 6. The van der Waals surface area contributed by atoms with Crippen molar-refractivity contribution in [3.05, 3.63) is 72.2 Å². The monoisotopic (exact) mass is 796 g/mol. The van der Waals surface area contributed by atoms with Gasteiger partial charge in [-0.3, -0.25) is 0 Å². The van der Waals surface area contributed by atoms with Crippen molar-refractivity contribution in [1.29, 1.82) is 0 Å². The molecule has 0 N–H and O–H groups in total. The van der Waals surface area contributed by atoms with E-state index >= 15 is 0 Å². The summed E-state index contributed by atoms with van der Waals surface area (Å²) in [4.78, 5) is 0. The molecule has 0 aromatic heterocycles. The smallest absolute Gasteiger partial charge is 1.00 e. The summed E-state index contributed by atoms with van der Waals surface area (Å²) in [7, 11) is 7.00. The van der Waals surface area contributed by atoms with Gasteiger partial charge >= 0.3 is 296 Å². The van der Waals surface area contributed by atoms with Gasteiger partial charge in [0.05, 0.1) is 0 Å². The van der Waals surface area contributed by atoms with E-state index in [-0.39, 0.29) is 37.2 Å². The molecule has 0 radical (unpaired) electrons. The molecule has 1 atom stereocenters. The van der Waals surface area contributed by atoms with Gasteiger partial charge in [0.1, 0.15) is 0 Å².